The van der Waals surface area contributed by atoms with Crippen molar-refractivity contribution < 1.29 is 18.7 Å². The highest BCUT2D eigenvalue weighted by Gasteiger charge is 2.28. The minimum atomic E-state index is -0.377. The van der Waals surface area contributed by atoms with Crippen molar-refractivity contribution in [1.82, 2.24) is 10.2 Å². The van der Waals surface area contributed by atoms with Crippen LogP contribution in [0.15, 0.2) is 66.7 Å². The number of fused-ring (bicyclic) bond motifs is 1. The van der Waals surface area contributed by atoms with Crippen molar-refractivity contribution >= 4 is 22.6 Å². The van der Waals surface area contributed by atoms with Gasteiger partial charge in [-0.25, -0.2) is 4.39 Å². The van der Waals surface area contributed by atoms with Gasteiger partial charge < -0.3 is 15.0 Å². The Balaban J connectivity index is 1.27. The zero-order valence-corrected chi connectivity index (χ0v) is 17.2. The first-order valence-corrected chi connectivity index (χ1v) is 10.5. The Morgan fingerprint density at radius 3 is 2.65 bits per heavy atom. The Hall–Kier alpha value is -3.41. The van der Waals surface area contributed by atoms with Gasteiger partial charge in [0, 0.05) is 24.0 Å². The van der Waals surface area contributed by atoms with E-state index in [9.17, 15) is 14.0 Å². The summed E-state index contributed by atoms with van der Waals surface area (Å²) in [5, 5.41) is 5.07. The predicted molar refractivity (Wildman–Crippen MR) is 117 cm³/mol. The molecule has 0 saturated carbocycles. The van der Waals surface area contributed by atoms with Crippen LogP contribution in [-0.4, -0.2) is 43.0 Å². The molecule has 3 aromatic carbocycles. The molecule has 4 rings (SSSR count). The first-order chi connectivity index (χ1) is 15.1. The Bertz CT molecular complexity index is 1060. The van der Waals surface area contributed by atoms with Gasteiger partial charge >= 0.3 is 0 Å². The van der Waals surface area contributed by atoms with E-state index in [0.717, 1.165) is 29.4 Å². The molecule has 5 nitrogen and oxygen atoms in total. The Morgan fingerprint density at radius 2 is 1.81 bits per heavy atom. The molecule has 1 atom stereocenters. The van der Waals surface area contributed by atoms with Gasteiger partial charge in [-0.3, -0.25) is 9.59 Å². The summed E-state index contributed by atoms with van der Waals surface area (Å²) in [6.45, 7) is 1.73. The maximum absolute atomic E-state index is 13.1. The van der Waals surface area contributed by atoms with Crippen LogP contribution < -0.4 is 10.1 Å². The molecule has 1 aliphatic heterocycles. The lowest BCUT2D eigenvalue weighted by Gasteiger charge is -2.32. The van der Waals surface area contributed by atoms with E-state index in [4.69, 9.17) is 4.74 Å². The molecule has 0 aromatic heterocycles. The number of carbonyl (C=O) groups excluding carboxylic acids is 2. The summed E-state index contributed by atoms with van der Waals surface area (Å²) in [6.07, 6.45) is 1.50. The van der Waals surface area contributed by atoms with Crippen LogP contribution in [0.1, 0.15) is 23.2 Å². The maximum atomic E-state index is 13.1. The van der Waals surface area contributed by atoms with Crippen molar-refractivity contribution in [3.05, 3.63) is 78.1 Å². The van der Waals surface area contributed by atoms with Crippen molar-refractivity contribution in [1.29, 1.82) is 0 Å². The standard InChI is InChI=1S/C25H25FN2O3/c26-21-12-10-19(11-13-21)25(30)28-15-4-7-20(17-28)24(29)27-14-16-31-23-9-3-6-18-5-1-2-8-22(18)23/h1-3,5-6,8-13,20H,4,7,14-17H2,(H,27,29). The highest BCUT2D eigenvalue weighted by Crippen LogP contribution is 2.25. The molecule has 0 radical (unpaired) electrons. The van der Waals surface area contributed by atoms with Crippen molar-refractivity contribution in [3.8, 4) is 5.75 Å². The number of nitrogens with zero attached hydrogens (tertiary/aromatic N) is 1. The predicted octanol–water partition coefficient (Wildman–Crippen LogP) is 4.03. The number of piperidine rings is 1. The number of likely N-dealkylation sites (tertiary alicyclic amines) is 1. The lowest BCUT2D eigenvalue weighted by molar-refractivity contribution is -0.126. The third-order valence-corrected chi connectivity index (χ3v) is 5.58. The fourth-order valence-corrected chi connectivity index (χ4v) is 3.95. The van der Waals surface area contributed by atoms with Crippen LogP contribution in [-0.2, 0) is 4.79 Å². The maximum Gasteiger partial charge on any atom is 0.253 e. The highest BCUT2D eigenvalue weighted by molar-refractivity contribution is 5.94. The molecule has 31 heavy (non-hydrogen) atoms. The van der Waals surface area contributed by atoms with Crippen LogP contribution >= 0.6 is 0 Å². The molecule has 2 amide bonds. The number of hydrogen-bond donors (Lipinski definition) is 1. The first-order valence-electron chi connectivity index (χ1n) is 10.5. The molecule has 0 spiro atoms. The summed E-state index contributed by atoms with van der Waals surface area (Å²) < 4.78 is 19.0. The average molecular weight is 420 g/mol. The lowest BCUT2D eigenvalue weighted by Crippen LogP contribution is -2.46. The second-order valence-corrected chi connectivity index (χ2v) is 7.71. The molecule has 1 unspecified atom stereocenters. The van der Waals surface area contributed by atoms with Crippen LogP contribution in [0, 0.1) is 11.7 Å². The fraction of sp³-hybridized carbons (Fsp3) is 0.280. The molecule has 6 heteroatoms. The van der Waals surface area contributed by atoms with Crippen molar-refractivity contribution in [2.45, 2.75) is 12.8 Å². The summed E-state index contributed by atoms with van der Waals surface area (Å²) >= 11 is 0. The normalized spacial score (nSPS) is 16.2. The molecule has 0 aliphatic carbocycles. The smallest absolute Gasteiger partial charge is 0.253 e. The monoisotopic (exact) mass is 420 g/mol. The zero-order chi connectivity index (χ0) is 21.6. The Labute approximate surface area is 180 Å². The molecule has 1 aliphatic rings. The quantitative estimate of drug-likeness (QED) is 0.613. The second kappa shape index (κ2) is 9.60. The van der Waals surface area contributed by atoms with E-state index in [1.165, 1.54) is 24.3 Å². The van der Waals surface area contributed by atoms with E-state index in [1.807, 2.05) is 42.5 Å². The molecule has 1 saturated heterocycles. The van der Waals surface area contributed by atoms with Gasteiger partial charge in [0.15, 0.2) is 0 Å². The summed E-state index contributed by atoms with van der Waals surface area (Å²) in [6, 6.07) is 19.4. The van der Waals surface area contributed by atoms with Crippen LogP contribution in [0.3, 0.4) is 0 Å². The fourth-order valence-electron chi connectivity index (χ4n) is 3.95. The molecule has 160 valence electrons. The van der Waals surface area contributed by atoms with Crippen molar-refractivity contribution in [2.75, 3.05) is 26.2 Å². The zero-order valence-electron chi connectivity index (χ0n) is 17.2. The number of rotatable bonds is 6. The van der Waals surface area contributed by atoms with Crippen LogP contribution in [0.4, 0.5) is 4.39 Å². The molecule has 1 fully saturated rings. The van der Waals surface area contributed by atoms with E-state index in [1.54, 1.807) is 4.90 Å². The molecular weight excluding hydrogens is 395 g/mol. The second-order valence-electron chi connectivity index (χ2n) is 7.71. The van der Waals surface area contributed by atoms with E-state index >= 15 is 0 Å². The van der Waals surface area contributed by atoms with Crippen LogP contribution in [0.2, 0.25) is 0 Å². The van der Waals surface area contributed by atoms with Crippen LogP contribution in [0.25, 0.3) is 10.8 Å². The summed E-state index contributed by atoms with van der Waals surface area (Å²) in [7, 11) is 0. The van der Waals surface area contributed by atoms with E-state index in [-0.39, 0.29) is 23.5 Å². The molecule has 1 N–H and O–H groups in total. The molecule has 1 heterocycles. The van der Waals surface area contributed by atoms with Crippen molar-refractivity contribution in [3.63, 3.8) is 0 Å². The highest BCUT2D eigenvalue weighted by atomic mass is 19.1. The Morgan fingerprint density at radius 1 is 1.03 bits per heavy atom. The van der Waals surface area contributed by atoms with Gasteiger partial charge in [-0.1, -0.05) is 36.4 Å². The molecule has 0 bridgehead atoms. The Kier molecular flexibility index (Phi) is 6.46. The van der Waals surface area contributed by atoms with E-state index in [0.29, 0.717) is 31.8 Å². The lowest BCUT2D eigenvalue weighted by atomic mass is 9.96. The molecule has 3 aromatic rings. The third kappa shape index (κ3) is 5.02. The van der Waals surface area contributed by atoms with E-state index in [2.05, 4.69) is 5.32 Å². The minimum absolute atomic E-state index is 0.0712. The van der Waals surface area contributed by atoms with Gasteiger partial charge in [-0.15, -0.1) is 0 Å². The SMILES string of the molecule is O=C(NCCOc1cccc2ccccc12)C1CCCN(C(=O)c2ccc(F)cc2)C1. The average Bonchev–Trinajstić information content (AvgIpc) is 2.82. The molecular formula is C25H25FN2O3. The number of halogens is 1. The van der Waals surface area contributed by atoms with Crippen LogP contribution in [0.5, 0.6) is 5.75 Å². The summed E-state index contributed by atoms with van der Waals surface area (Å²) in [4.78, 5) is 26.9. The van der Waals surface area contributed by atoms with Gasteiger partial charge in [0.1, 0.15) is 18.2 Å². The largest absolute Gasteiger partial charge is 0.491 e. The minimum Gasteiger partial charge on any atom is -0.491 e. The number of hydrogen-bond acceptors (Lipinski definition) is 3. The topological polar surface area (TPSA) is 58.6 Å². The summed E-state index contributed by atoms with van der Waals surface area (Å²) in [5.74, 6) is -0.0788. The number of amides is 2. The number of carbonyl (C=O) groups is 2. The first kappa shape index (κ1) is 20.8. The number of nitrogens with one attached hydrogen (secondary N) is 1. The number of ether oxygens (including phenoxy) is 1. The third-order valence-electron chi connectivity index (χ3n) is 5.58. The van der Waals surface area contributed by atoms with Gasteiger partial charge in [0.2, 0.25) is 5.91 Å². The van der Waals surface area contributed by atoms with Crippen molar-refractivity contribution in [2.24, 2.45) is 5.92 Å². The summed E-state index contributed by atoms with van der Waals surface area (Å²) in [5.41, 5.74) is 0.436. The number of benzene rings is 3. The van der Waals surface area contributed by atoms with Gasteiger partial charge in [-0.05, 0) is 48.6 Å². The van der Waals surface area contributed by atoms with Gasteiger partial charge in [0.05, 0.1) is 12.5 Å². The van der Waals surface area contributed by atoms with E-state index < -0.39 is 0 Å². The van der Waals surface area contributed by atoms with Gasteiger partial charge in [-0.2, -0.15) is 0 Å². The van der Waals surface area contributed by atoms with Gasteiger partial charge in [0.25, 0.3) is 5.91 Å².